The monoisotopic (exact) mass is 270 g/mol. The van der Waals surface area contributed by atoms with Gasteiger partial charge in [0.25, 0.3) is 0 Å². The third-order valence-corrected chi connectivity index (χ3v) is 2.65. The number of aromatic hydroxyl groups is 2. The Balaban J connectivity index is 3.08. The molecule has 0 radical (unpaired) electrons. The largest absolute Gasteiger partial charge is 0.504 e. The van der Waals surface area contributed by atoms with Gasteiger partial charge in [0.1, 0.15) is 0 Å². The molecule has 0 saturated carbocycles. The SMILES string of the molecule is CCCCOOc1c(O)c(O)cc(C(=O)O)c1CC. The quantitative estimate of drug-likeness (QED) is 0.305. The molecule has 0 fully saturated rings. The molecular formula is C13H18O6. The highest BCUT2D eigenvalue weighted by atomic mass is 17.2. The van der Waals surface area contributed by atoms with Crippen molar-refractivity contribution in [2.45, 2.75) is 33.1 Å². The Morgan fingerprint density at radius 1 is 1.32 bits per heavy atom. The number of unbranched alkanes of at least 4 members (excludes halogenated alkanes) is 1. The molecule has 6 nitrogen and oxygen atoms in total. The van der Waals surface area contributed by atoms with E-state index in [1.807, 2.05) is 6.92 Å². The maximum Gasteiger partial charge on any atom is 0.336 e. The fraction of sp³-hybridized carbons (Fsp3) is 0.462. The Hall–Kier alpha value is -1.95. The molecule has 0 heterocycles. The molecule has 0 atom stereocenters. The number of hydrogen-bond donors (Lipinski definition) is 3. The molecule has 0 unspecified atom stereocenters. The van der Waals surface area contributed by atoms with Crippen molar-refractivity contribution in [3.8, 4) is 17.2 Å². The predicted molar refractivity (Wildman–Crippen MR) is 67.6 cm³/mol. The molecule has 0 aliphatic rings. The van der Waals surface area contributed by atoms with Crippen LogP contribution >= 0.6 is 0 Å². The van der Waals surface area contributed by atoms with E-state index in [4.69, 9.17) is 14.9 Å². The van der Waals surface area contributed by atoms with Gasteiger partial charge in [-0.15, -0.1) is 0 Å². The van der Waals surface area contributed by atoms with Gasteiger partial charge in [-0.05, 0) is 18.9 Å². The minimum atomic E-state index is -1.20. The first-order valence-electron chi connectivity index (χ1n) is 6.13. The first-order chi connectivity index (χ1) is 9.02. The molecule has 0 spiro atoms. The summed E-state index contributed by atoms with van der Waals surface area (Å²) < 4.78 is 0. The third-order valence-electron chi connectivity index (χ3n) is 2.65. The van der Waals surface area contributed by atoms with E-state index < -0.39 is 17.5 Å². The highest BCUT2D eigenvalue weighted by Gasteiger charge is 2.22. The maximum absolute atomic E-state index is 11.1. The Morgan fingerprint density at radius 2 is 2.00 bits per heavy atom. The van der Waals surface area contributed by atoms with Crippen LogP contribution < -0.4 is 4.89 Å². The van der Waals surface area contributed by atoms with Crippen LogP contribution in [0.1, 0.15) is 42.6 Å². The number of rotatable bonds is 7. The van der Waals surface area contributed by atoms with Crippen LogP contribution in [0.3, 0.4) is 0 Å². The summed E-state index contributed by atoms with van der Waals surface area (Å²) in [7, 11) is 0. The topological polar surface area (TPSA) is 96.2 Å². The molecule has 1 aromatic rings. The molecule has 3 N–H and O–H groups in total. The van der Waals surface area contributed by atoms with E-state index in [0.717, 1.165) is 18.9 Å². The zero-order chi connectivity index (χ0) is 14.4. The Morgan fingerprint density at radius 3 is 2.53 bits per heavy atom. The number of hydrogen-bond acceptors (Lipinski definition) is 5. The molecule has 0 aliphatic carbocycles. The van der Waals surface area contributed by atoms with Crippen molar-refractivity contribution in [1.29, 1.82) is 0 Å². The maximum atomic E-state index is 11.1. The summed E-state index contributed by atoms with van der Waals surface area (Å²) in [5, 5.41) is 28.3. The number of carboxylic acids is 1. The second-order valence-electron chi connectivity index (χ2n) is 4.02. The first kappa shape index (κ1) is 15.1. The number of carbonyl (C=O) groups is 1. The molecule has 1 rings (SSSR count). The fourth-order valence-corrected chi connectivity index (χ4v) is 1.61. The van der Waals surface area contributed by atoms with Gasteiger partial charge in [-0.25, -0.2) is 4.79 Å². The molecule has 0 aromatic heterocycles. The summed E-state index contributed by atoms with van der Waals surface area (Å²) in [6, 6.07) is 0.995. The van der Waals surface area contributed by atoms with E-state index in [9.17, 15) is 15.0 Å². The zero-order valence-corrected chi connectivity index (χ0v) is 11.0. The van der Waals surface area contributed by atoms with Gasteiger partial charge in [0.2, 0.25) is 11.5 Å². The Kier molecular flexibility index (Phi) is 5.44. The average Bonchev–Trinajstić information content (AvgIpc) is 2.38. The predicted octanol–water partition coefficient (Wildman–Crippen LogP) is 2.47. The molecule has 1 aromatic carbocycles. The van der Waals surface area contributed by atoms with E-state index in [1.54, 1.807) is 6.92 Å². The molecule has 106 valence electrons. The van der Waals surface area contributed by atoms with Gasteiger partial charge in [-0.2, -0.15) is 4.89 Å². The summed E-state index contributed by atoms with van der Waals surface area (Å²) in [5.41, 5.74) is 0.159. The van der Waals surface area contributed by atoms with Crippen LogP contribution in [0, 0.1) is 0 Å². The van der Waals surface area contributed by atoms with Crippen LogP contribution in [0.25, 0.3) is 0 Å². The van der Waals surface area contributed by atoms with Crippen LogP contribution in [0.5, 0.6) is 17.2 Å². The summed E-state index contributed by atoms with van der Waals surface area (Å²) in [6.07, 6.45) is 2.01. The van der Waals surface area contributed by atoms with Gasteiger partial charge in [-0.3, -0.25) is 0 Å². The number of phenols is 2. The zero-order valence-electron chi connectivity index (χ0n) is 11.0. The van der Waals surface area contributed by atoms with Crippen molar-refractivity contribution in [3.05, 3.63) is 17.2 Å². The lowest BCUT2D eigenvalue weighted by atomic mass is 10.0. The van der Waals surface area contributed by atoms with Crippen LogP contribution in [-0.4, -0.2) is 27.9 Å². The van der Waals surface area contributed by atoms with Crippen LogP contribution in [0.15, 0.2) is 6.07 Å². The molecule has 19 heavy (non-hydrogen) atoms. The Bertz CT molecular complexity index is 455. The van der Waals surface area contributed by atoms with Crippen molar-refractivity contribution < 1.29 is 29.9 Å². The van der Waals surface area contributed by atoms with Crippen molar-refractivity contribution >= 4 is 5.97 Å². The van der Waals surface area contributed by atoms with Gasteiger partial charge < -0.3 is 20.2 Å². The van der Waals surface area contributed by atoms with Crippen LogP contribution in [0.2, 0.25) is 0 Å². The summed E-state index contributed by atoms with van der Waals surface area (Å²) in [6.45, 7) is 4.02. The minimum absolute atomic E-state index is 0.119. The van der Waals surface area contributed by atoms with E-state index >= 15 is 0 Å². The lowest BCUT2D eigenvalue weighted by Gasteiger charge is -2.13. The second kappa shape index (κ2) is 6.84. The van der Waals surface area contributed by atoms with Crippen molar-refractivity contribution in [2.24, 2.45) is 0 Å². The van der Waals surface area contributed by atoms with Crippen LogP contribution in [0.4, 0.5) is 0 Å². The van der Waals surface area contributed by atoms with Gasteiger partial charge >= 0.3 is 5.97 Å². The summed E-state index contributed by atoms with van der Waals surface area (Å²) >= 11 is 0. The number of aromatic carboxylic acids is 1. The van der Waals surface area contributed by atoms with Crippen molar-refractivity contribution in [3.63, 3.8) is 0 Å². The molecule has 0 aliphatic heterocycles. The lowest BCUT2D eigenvalue weighted by molar-refractivity contribution is -0.208. The van der Waals surface area contributed by atoms with Gasteiger partial charge in [0, 0.05) is 5.56 Å². The molecule has 6 heteroatoms. The number of carboxylic acid groups (broad SMARTS) is 1. The first-order valence-corrected chi connectivity index (χ1v) is 6.13. The van der Waals surface area contributed by atoms with Gasteiger partial charge in [0.05, 0.1) is 12.2 Å². The third kappa shape index (κ3) is 3.51. The summed E-state index contributed by atoms with van der Waals surface area (Å²) in [4.78, 5) is 21.0. The second-order valence-corrected chi connectivity index (χ2v) is 4.02. The molecular weight excluding hydrogens is 252 g/mol. The minimum Gasteiger partial charge on any atom is -0.504 e. The van der Waals surface area contributed by atoms with Crippen molar-refractivity contribution in [1.82, 2.24) is 0 Å². The van der Waals surface area contributed by atoms with E-state index in [-0.39, 0.29) is 16.9 Å². The molecule has 0 bridgehead atoms. The lowest BCUT2D eigenvalue weighted by Crippen LogP contribution is -2.07. The van der Waals surface area contributed by atoms with Crippen molar-refractivity contribution in [2.75, 3.05) is 6.61 Å². The number of benzene rings is 1. The van der Waals surface area contributed by atoms with Gasteiger partial charge in [0.15, 0.2) is 5.75 Å². The molecule has 0 amide bonds. The smallest absolute Gasteiger partial charge is 0.336 e. The highest BCUT2D eigenvalue weighted by molar-refractivity contribution is 5.91. The van der Waals surface area contributed by atoms with Gasteiger partial charge in [-0.1, -0.05) is 20.3 Å². The molecule has 0 saturated heterocycles. The highest BCUT2D eigenvalue weighted by Crippen LogP contribution is 2.41. The number of phenolic OH excluding ortho intramolecular Hbond substituents is 2. The summed E-state index contributed by atoms with van der Waals surface area (Å²) in [5.74, 6) is -2.41. The standard InChI is InChI=1S/C13H18O6/c1-3-5-6-18-19-12-8(4-2)9(13(16)17)7-10(14)11(12)15/h7,14-15H,3-6H2,1-2H3,(H,16,17). The van der Waals surface area contributed by atoms with E-state index in [0.29, 0.717) is 13.0 Å². The normalized spacial score (nSPS) is 10.4. The average molecular weight is 270 g/mol. The van der Waals surface area contributed by atoms with E-state index in [2.05, 4.69) is 0 Å². The van der Waals surface area contributed by atoms with Crippen LogP contribution in [-0.2, 0) is 11.3 Å². The Labute approximate surface area is 111 Å². The van der Waals surface area contributed by atoms with E-state index in [1.165, 1.54) is 0 Å². The fourth-order valence-electron chi connectivity index (χ4n) is 1.61.